The molecule has 5 nitrogen and oxygen atoms in total. The molecular weight excluding hydrogens is 340 g/mol. The first-order chi connectivity index (χ1) is 13.1. The number of ether oxygens (including phenoxy) is 3. The van der Waals surface area contributed by atoms with Crippen LogP contribution in [0, 0.1) is 13.8 Å². The number of rotatable bonds is 8. The van der Waals surface area contributed by atoms with Crippen LogP contribution in [-0.2, 0) is 13.0 Å². The molecule has 0 bridgehead atoms. The quantitative estimate of drug-likeness (QED) is 0.587. The van der Waals surface area contributed by atoms with E-state index in [0.717, 1.165) is 53.4 Å². The van der Waals surface area contributed by atoms with Gasteiger partial charge in [-0.15, -0.1) is 0 Å². The summed E-state index contributed by atoms with van der Waals surface area (Å²) >= 11 is 0. The summed E-state index contributed by atoms with van der Waals surface area (Å²) in [6.07, 6.45) is 0.941. The van der Waals surface area contributed by atoms with E-state index >= 15 is 0 Å². The fourth-order valence-corrected chi connectivity index (χ4v) is 3.62. The highest BCUT2D eigenvalue weighted by atomic mass is 16.5. The zero-order valence-electron chi connectivity index (χ0n) is 16.7. The monoisotopic (exact) mass is 368 g/mol. The van der Waals surface area contributed by atoms with Crippen LogP contribution < -0.4 is 19.5 Å². The first-order valence-electron chi connectivity index (χ1n) is 9.15. The molecule has 3 aromatic rings. The normalized spacial score (nSPS) is 11.0. The van der Waals surface area contributed by atoms with Crippen LogP contribution in [0.4, 0.5) is 0 Å². The van der Waals surface area contributed by atoms with Crippen molar-refractivity contribution in [3.8, 4) is 17.2 Å². The minimum Gasteiger partial charge on any atom is -0.497 e. The third-order valence-corrected chi connectivity index (χ3v) is 5.06. The Hall–Kier alpha value is -2.66. The second kappa shape index (κ2) is 8.35. The number of nitrogens with one attached hydrogen (secondary N) is 2. The van der Waals surface area contributed by atoms with Crippen LogP contribution in [0.25, 0.3) is 10.9 Å². The Morgan fingerprint density at radius 3 is 2.48 bits per heavy atom. The van der Waals surface area contributed by atoms with Crippen LogP contribution in [0.15, 0.2) is 30.3 Å². The zero-order chi connectivity index (χ0) is 19.4. The lowest BCUT2D eigenvalue weighted by molar-refractivity contribution is 0.384. The number of fused-ring (bicyclic) bond motifs is 1. The average molecular weight is 368 g/mol. The Balaban J connectivity index is 1.68. The molecule has 0 fully saturated rings. The van der Waals surface area contributed by atoms with Gasteiger partial charge in [0.15, 0.2) is 0 Å². The van der Waals surface area contributed by atoms with Crippen LogP contribution in [-0.4, -0.2) is 32.9 Å². The molecule has 2 N–H and O–H groups in total. The number of methoxy groups -OCH3 is 3. The van der Waals surface area contributed by atoms with Crippen molar-refractivity contribution in [1.82, 2.24) is 10.3 Å². The molecule has 0 aliphatic carbocycles. The first kappa shape index (κ1) is 19.1. The molecule has 0 saturated carbocycles. The summed E-state index contributed by atoms with van der Waals surface area (Å²) in [7, 11) is 5.08. The van der Waals surface area contributed by atoms with Crippen molar-refractivity contribution in [2.24, 2.45) is 0 Å². The predicted molar refractivity (Wildman–Crippen MR) is 109 cm³/mol. The molecule has 0 spiro atoms. The van der Waals surface area contributed by atoms with Gasteiger partial charge in [-0.2, -0.15) is 0 Å². The maximum atomic E-state index is 5.58. The summed E-state index contributed by atoms with van der Waals surface area (Å²) in [6, 6.07) is 10.2. The van der Waals surface area contributed by atoms with Crippen molar-refractivity contribution >= 4 is 10.9 Å². The van der Waals surface area contributed by atoms with E-state index in [1.807, 2.05) is 19.1 Å². The highest BCUT2D eigenvalue weighted by molar-refractivity contribution is 5.86. The molecule has 27 heavy (non-hydrogen) atoms. The molecule has 2 aromatic carbocycles. The Kier molecular flexibility index (Phi) is 5.91. The van der Waals surface area contributed by atoms with Gasteiger partial charge in [0.1, 0.15) is 17.2 Å². The topological polar surface area (TPSA) is 55.5 Å². The lowest BCUT2D eigenvalue weighted by atomic mass is 10.1. The number of benzene rings is 2. The van der Waals surface area contributed by atoms with E-state index in [0.29, 0.717) is 0 Å². The zero-order valence-corrected chi connectivity index (χ0v) is 16.7. The second-order valence-electron chi connectivity index (χ2n) is 6.65. The minimum absolute atomic E-state index is 0.749. The van der Waals surface area contributed by atoms with Crippen molar-refractivity contribution in [1.29, 1.82) is 0 Å². The number of aryl methyl sites for hydroxylation is 1. The molecule has 3 rings (SSSR count). The van der Waals surface area contributed by atoms with Gasteiger partial charge in [-0.3, -0.25) is 0 Å². The molecule has 0 saturated heterocycles. The number of aromatic nitrogens is 1. The smallest absolute Gasteiger partial charge is 0.129 e. The van der Waals surface area contributed by atoms with E-state index in [-0.39, 0.29) is 0 Å². The molecule has 0 atom stereocenters. The molecule has 0 aliphatic rings. The standard InChI is InChI=1S/C22H28N2O3/c1-14-21(26-4)9-6-16(22(14)27-5)13-23-11-10-18-15(2)24-20-8-7-17(25-3)12-19(18)20/h6-9,12,23-24H,10-11,13H2,1-5H3. The molecule has 0 radical (unpaired) electrons. The lowest BCUT2D eigenvalue weighted by Gasteiger charge is -2.15. The van der Waals surface area contributed by atoms with Gasteiger partial charge >= 0.3 is 0 Å². The van der Waals surface area contributed by atoms with Gasteiger partial charge in [0.25, 0.3) is 0 Å². The number of hydrogen-bond acceptors (Lipinski definition) is 4. The molecule has 0 amide bonds. The third kappa shape index (κ3) is 3.88. The van der Waals surface area contributed by atoms with E-state index in [1.165, 1.54) is 16.6 Å². The van der Waals surface area contributed by atoms with E-state index in [4.69, 9.17) is 14.2 Å². The van der Waals surface area contributed by atoms with E-state index in [1.54, 1.807) is 21.3 Å². The summed E-state index contributed by atoms with van der Waals surface area (Å²) in [5.74, 6) is 2.61. The summed E-state index contributed by atoms with van der Waals surface area (Å²) in [5.41, 5.74) is 5.84. The molecule has 1 aromatic heterocycles. The van der Waals surface area contributed by atoms with Crippen LogP contribution in [0.5, 0.6) is 17.2 Å². The van der Waals surface area contributed by atoms with E-state index in [9.17, 15) is 0 Å². The summed E-state index contributed by atoms with van der Waals surface area (Å²) < 4.78 is 16.3. The highest BCUT2D eigenvalue weighted by Crippen LogP contribution is 2.31. The number of hydrogen-bond donors (Lipinski definition) is 2. The summed E-state index contributed by atoms with van der Waals surface area (Å²) in [5, 5.41) is 4.76. The SMILES string of the molecule is COc1ccc2[nH]c(C)c(CCNCc3ccc(OC)c(C)c3OC)c2c1. The molecule has 144 valence electrons. The van der Waals surface area contributed by atoms with Crippen molar-refractivity contribution in [3.05, 3.63) is 52.7 Å². The van der Waals surface area contributed by atoms with Crippen LogP contribution in [0.2, 0.25) is 0 Å². The molecule has 0 unspecified atom stereocenters. The van der Waals surface area contributed by atoms with E-state index in [2.05, 4.69) is 35.4 Å². The third-order valence-electron chi connectivity index (χ3n) is 5.06. The van der Waals surface area contributed by atoms with Gasteiger partial charge in [0.2, 0.25) is 0 Å². The minimum atomic E-state index is 0.749. The first-order valence-corrected chi connectivity index (χ1v) is 9.15. The summed E-state index contributed by atoms with van der Waals surface area (Å²) in [4.78, 5) is 3.46. The predicted octanol–water partition coefficient (Wildman–Crippen LogP) is 4.14. The van der Waals surface area contributed by atoms with E-state index < -0.39 is 0 Å². The number of aromatic amines is 1. The van der Waals surface area contributed by atoms with Gasteiger partial charge in [0.05, 0.1) is 21.3 Å². The fraction of sp³-hybridized carbons (Fsp3) is 0.364. The molecule has 1 heterocycles. The Labute approximate surface area is 160 Å². The average Bonchev–Trinajstić information content (AvgIpc) is 2.99. The largest absolute Gasteiger partial charge is 0.497 e. The Morgan fingerprint density at radius 2 is 1.78 bits per heavy atom. The maximum absolute atomic E-state index is 5.58. The molecular formula is C22H28N2O3. The van der Waals surface area contributed by atoms with Crippen molar-refractivity contribution in [2.45, 2.75) is 26.8 Å². The van der Waals surface area contributed by atoms with Crippen LogP contribution in [0.3, 0.4) is 0 Å². The van der Waals surface area contributed by atoms with Crippen molar-refractivity contribution < 1.29 is 14.2 Å². The fourth-order valence-electron chi connectivity index (χ4n) is 3.62. The van der Waals surface area contributed by atoms with Crippen molar-refractivity contribution in [2.75, 3.05) is 27.9 Å². The summed E-state index contributed by atoms with van der Waals surface area (Å²) in [6.45, 7) is 5.76. The Bertz CT molecular complexity index is 931. The lowest BCUT2D eigenvalue weighted by Crippen LogP contribution is -2.17. The van der Waals surface area contributed by atoms with Crippen LogP contribution >= 0.6 is 0 Å². The van der Waals surface area contributed by atoms with Gasteiger partial charge in [-0.05, 0) is 56.6 Å². The molecule has 0 aliphatic heterocycles. The maximum Gasteiger partial charge on any atom is 0.129 e. The van der Waals surface area contributed by atoms with Crippen molar-refractivity contribution in [3.63, 3.8) is 0 Å². The molecule has 5 heteroatoms. The second-order valence-corrected chi connectivity index (χ2v) is 6.65. The van der Waals surface area contributed by atoms with Gasteiger partial charge in [-0.25, -0.2) is 0 Å². The number of H-pyrrole nitrogens is 1. The Morgan fingerprint density at radius 1 is 0.963 bits per heavy atom. The van der Waals surface area contributed by atoms with Gasteiger partial charge in [-0.1, -0.05) is 6.07 Å². The van der Waals surface area contributed by atoms with Gasteiger partial charge < -0.3 is 24.5 Å². The van der Waals surface area contributed by atoms with Gasteiger partial charge in [0, 0.05) is 34.3 Å². The van der Waals surface area contributed by atoms with Crippen LogP contribution in [0.1, 0.15) is 22.4 Å². The highest BCUT2D eigenvalue weighted by Gasteiger charge is 2.12.